The van der Waals surface area contributed by atoms with E-state index in [-0.39, 0.29) is 0 Å². The highest BCUT2D eigenvalue weighted by Gasteiger charge is 2.08. The molecule has 0 unspecified atom stereocenters. The number of benzene rings is 2. The van der Waals surface area contributed by atoms with Gasteiger partial charge in [-0.25, -0.2) is 9.98 Å². The minimum atomic E-state index is 0.503. The number of nitrogens with zero attached hydrogens (tertiary/aromatic N) is 2. The first kappa shape index (κ1) is 21.2. The number of ether oxygens (including phenoxy) is 2. The van der Waals surface area contributed by atoms with Gasteiger partial charge in [-0.05, 0) is 43.7 Å². The number of hydrogen-bond donors (Lipinski definition) is 2. The lowest BCUT2D eigenvalue weighted by Gasteiger charge is -2.11. The molecule has 7 nitrogen and oxygen atoms in total. The molecule has 0 bridgehead atoms. The van der Waals surface area contributed by atoms with Crippen LogP contribution in [-0.4, -0.2) is 31.7 Å². The van der Waals surface area contributed by atoms with Gasteiger partial charge in [0.25, 0.3) is 0 Å². The van der Waals surface area contributed by atoms with Gasteiger partial charge < -0.3 is 24.5 Å². The van der Waals surface area contributed by atoms with Crippen LogP contribution in [0.5, 0.6) is 11.5 Å². The monoisotopic (exact) mass is 408 g/mol. The van der Waals surface area contributed by atoms with Crippen LogP contribution < -0.4 is 20.1 Å². The molecule has 7 heteroatoms. The van der Waals surface area contributed by atoms with Crippen LogP contribution in [0.25, 0.3) is 11.5 Å². The van der Waals surface area contributed by atoms with Crippen LogP contribution in [-0.2, 0) is 13.1 Å². The molecule has 0 atom stereocenters. The highest BCUT2D eigenvalue weighted by Crippen LogP contribution is 2.27. The molecule has 0 amide bonds. The number of methoxy groups -OCH3 is 2. The van der Waals surface area contributed by atoms with Gasteiger partial charge in [0, 0.05) is 12.1 Å². The summed E-state index contributed by atoms with van der Waals surface area (Å²) in [6.45, 7) is 5.85. The summed E-state index contributed by atoms with van der Waals surface area (Å²) in [5.74, 6) is 2.70. The van der Waals surface area contributed by atoms with E-state index >= 15 is 0 Å². The smallest absolute Gasteiger partial charge is 0.226 e. The van der Waals surface area contributed by atoms with Crippen LogP contribution in [0.1, 0.15) is 23.7 Å². The Morgan fingerprint density at radius 3 is 2.50 bits per heavy atom. The number of nitrogens with one attached hydrogen (secondary N) is 2. The second-order valence-corrected chi connectivity index (χ2v) is 6.75. The molecule has 0 aliphatic carbocycles. The van der Waals surface area contributed by atoms with Gasteiger partial charge in [-0.3, -0.25) is 0 Å². The number of hydrogen-bond acceptors (Lipinski definition) is 5. The van der Waals surface area contributed by atoms with Gasteiger partial charge in [-0.15, -0.1) is 0 Å². The van der Waals surface area contributed by atoms with Crippen LogP contribution in [0, 0.1) is 6.92 Å². The van der Waals surface area contributed by atoms with Crippen molar-refractivity contribution in [2.45, 2.75) is 26.9 Å². The molecular formula is C23H28N4O3. The lowest BCUT2D eigenvalue weighted by molar-refractivity contribution is 0.354. The van der Waals surface area contributed by atoms with Crippen LogP contribution in [0.4, 0.5) is 0 Å². The van der Waals surface area contributed by atoms with E-state index in [9.17, 15) is 0 Å². The Kier molecular flexibility index (Phi) is 7.32. The summed E-state index contributed by atoms with van der Waals surface area (Å²) in [5, 5.41) is 6.54. The van der Waals surface area contributed by atoms with Gasteiger partial charge >= 0.3 is 0 Å². The Hall–Kier alpha value is -3.48. The predicted octanol–water partition coefficient (Wildman–Crippen LogP) is 3.92. The van der Waals surface area contributed by atoms with E-state index in [1.807, 2.05) is 49.4 Å². The third kappa shape index (κ3) is 5.53. The molecule has 0 aliphatic rings. The molecule has 0 radical (unpaired) electrons. The van der Waals surface area contributed by atoms with Crippen molar-refractivity contribution in [3.05, 3.63) is 65.5 Å². The van der Waals surface area contributed by atoms with Crippen molar-refractivity contribution in [2.75, 3.05) is 20.8 Å². The van der Waals surface area contributed by atoms with Crippen LogP contribution in [0.2, 0.25) is 0 Å². The number of aliphatic imine (C=N–C) groups is 1. The van der Waals surface area contributed by atoms with Gasteiger partial charge in [0.15, 0.2) is 17.5 Å². The summed E-state index contributed by atoms with van der Waals surface area (Å²) in [4.78, 5) is 9.20. The van der Waals surface area contributed by atoms with E-state index in [2.05, 4.69) is 27.5 Å². The van der Waals surface area contributed by atoms with Gasteiger partial charge in [0.1, 0.15) is 6.26 Å². The second-order valence-electron chi connectivity index (χ2n) is 6.75. The average Bonchev–Trinajstić information content (AvgIpc) is 3.25. The van der Waals surface area contributed by atoms with Crippen LogP contribution >= 0.6 is 0 Å². The lowest BCUT2D eigenvalue weighted by atomic mass is 10.1. The molecular weight excluding hydrogens is 380 g/mol. The fraction of sp³-hybridized carbons (Fsp3) is 0.304. The van der Waals surface area contributed by atoms with Crippen LogP contribution in [0.3, 0.4) is 0 Å². The summed E-state index contributed by atoms with van der Waals surface area (Å²) in [7, 11) is 3.25. The first-order chi connectivity index (χ1) is 14.6. The maximum absolute atomic E-state index is 5.62. The van der Waals surface area contributed by atoms with Crippen molar-refractivity contribution in [1.29, 1.82) is 0 Å². The van der Waals surface area contributed by atoms with E-state index in [0.29, 0.717) is 36.4 Å². The standard InChI is InChI=1S/C23H28N4O3/c1-5-24-23(25-13-17-8-11-20(28-3)21(12-17)29-4)26-14-19-15-30-22(27-19)18-9-6-16(2)7-10-18/h6-12,15H,5,13-14H2,1-4H3,(H2,24,25,26). The molecule has 3 rings (SSSR count). The van der Waals surface area contributed by atoms with Crippen molar-refractivity contribution in [3.8, 4) is 23.0 Å². The first-order valence-electron chi connectivity index (χ1n) is 9.87. The highest BCUT2D eigenvalue weighted by molar-refractivity contribution is 5.79. The fourth-order valence-electron chi connectivity index (χ4n) is 2.88. The van der Waals surface area contributed by atoms with Crippen molar-refractivity contribution >= 4 is 5.96 Å². The quantitative estimate of drug-likeness (QED) is 0.434. The van der Waals surface area contributed by atoms with Gasteiger partial charge in [0.2, 0.25) is 5.89 Å². The normalized spacial score (nSPS) is 11.3. The molecule has 0 saturated heterocycles. The molecule has 1 heterocycles. The topological polar surface area (TPSA) is 80.9 Å². The zero-order valence-corrected chi connectivity index (χ0v) is 17.9. The molecule has 30 heavy (non-hydrogen) atoms. The molecule has 0 spiro atoms. The molecule has 3 aromatic rings. The molecule has 1 aromatic heterocycles. The van der Waals surface area contributed by atoms with E-state index in [1.54, 1.807) is 20.5 Å². The minimum Gasteiger partial charge on any atom is -0.493 e. The van der Waals surface area contributed by atoms with Crippen molar-refractivity contribution in [3.63, 3.8) is 0 Å². The van der Waals surface area contributed by atoms with Crippen LogP contribution in [0.15, 0.2) is 58.1 Å². The lowest BCUT2D eigenvalue weighted by Crippen LogP contribution is -2.36. The van der Waals surface area contributed by atoms with Crippen molar-refractivity contribution in [1.82, 2.24) is 15.6 Å². The van der Waals surface area contributed by atoms with E-state index in [4.69, 9.17) is 13.9 Å². The third-order valence-electron chi connectivity index (χ3n) is 4.50. The Balaban J connectivity index is 1.64. The molecule has 2 N–H and O–H groups in total. The van der Waals surface area contributed by atoms with E-state index in [1.165, 1.54) is 5.56 Å². The maximum atomic E-state index is 5.62. The summed E-state index contributed by atoms with van der Waals surface area (Å²) in [5.41, 5.74) is 3.99. The highest BCUT2D eigenvalue weighted by atomic mass is 16.5. The second kappa shape index (κ2) is 10.3. The average molecular weight is 409 g/mol. The summed E-state index contributed by atoms with van der Waals surface area (Å²) < 4.78 is 16.3. The van der Waals surface area contributed by atoms with Crippen molar-refractivity contribution in [2.24, 2.45) is 4.99 Å². The number of aryl methyl sites for hydroxylation is 1. The van der Waals surface area contributed by atoms with Crippen molar-refractivity contribution < 1.29 is 13.9 Å². The Morgan fingerprint density at radius 1 is 1.03 bits per heavy atom. The number of rotatable bonds is 8. The minimum absolute atomic E-state index is 0.503. The summed E-state index contributed by atoms with van der Waals surface area (Å²) in [6.07, 6.45) is 1.67. The zero-order valence-electron chi connectivity index (χ0n) is 17.9. The molecule has 2 aromatic carbocycles. The Labute approximate surface area is 177 Å². The Morgan fingerprint density at radius 2 is 1.80 bits per heavy atom. The third-order valence-corrected chi connectivity index (χ3v) is 4.50. The summed E-state index contributed by atoms with van der Waals surface area (Å²) in [6, 6.07) is 13.9. The van der Waals surface area contributed by atoms with E-state index in [0.717, 1.165) is 23.4 Å². The predicted molar refractivity (Wildman–Crippen MR) is 118 cm³/mol. The van der Waals surface area contributed by atoms with E-state index < -0.39 is 0 Å². The molecule has 0 fully saturated rings. The van der Waals surface area contributed by atoms with Gasteiger partial charge in [0.05, 0.1) is 33.0 Å². The van der Waals surface area contributed by atoms with Gasteiger partial charge in [-0.2, -0.15) is 0 Å². The van der Waals surface area contributed by atoms with Gasteiger partial charge in [-0.1, -0.05) is 23.8 Å². The number of aromatic nitrogens is 1. The first-order valence-corrected chi connectivity index (χ1v) is 9.87. The SMILES string of the molecule is CCNC(=NCc1ccc(OC)c(OC)c1)NCc1coc(-c2ccc(C)cc2)n1. The summed E-state index contributed by atoms with van der Waals surface area (Å²) >= 11 is 0. The molecule has 0 saturated carbocycles. The number of guanidine groups is 1. The Bertz CT molecular complexity index is 980. The zero-order chi connectivity index (χ0) is 21.3. The maximum Gasteiger partial charge on any atom is 0.226 e. The number of oxazole rings is 1. The molecule has 158 valence electrons. The largest absolute Gasteiger partial charge is 0.493 e. The fourth-order valence-corrected chi connectivity index (χ4v) is 2.88. The molecule has 0 aliphatic heterocycles.